The lowest BCUT2D eigenvalue weighted by Gasteiger charge is -2.09. The summed E-state index contributed by atoms with van der Waals surface area (Å²) in [6.07, 6.45) is -0.647. The van der Waals surface area contributed by atoms with Crippen molar-refractivity contribution in [2.75, 3.05) is 0 Å². The van der Waals surface area contributed by atoms with Crippen molar-refractivity contribution in [3.05, 3.63) is 60.4 Å². The number of rotatable bonds is 3. The van der Waals surface area contributed by atoms with Crippen LogP contribution in [0.4, 0.5) is 17.6 Å². The number of alkyl halides is 3. The average molecular weight is 387 g/mol. The van der Waals surface area contributed by atoms with Gasteiger partial charge in [-0.3, -0.25) is 4.98 Å². The fourth-order valence-corrected chi connectivity index (χ4v) is 2.93. The smallest absolute Gasteiger partial charge is 0.314 e. The molecule has 0 aliphatic rings. The Labute approximate surface area is 156 Å². The van der Waals surface area contributed by atoms with Gasteiger partial charge in [-0.2, -0.15) is 18.3 Å². The third kappa shape index (κ3) is 3.08. The van der Waals surface area contributed by atoms with E-state index in [1.165, 1.54) is 18.3 Å². The van der Waals surface area contributed by atoms with E-state index in [2.05, 4.69) is 20.2 Å². The summed E-state index contributed by atoms with van der Waals surface area (Å²) in [7, 11) is 0. The van der Waals surface area contributed by atoms with Crippen LogP contribution in [-0.2, 0) is 12.7 Å². The topological polar surface area (TPSA) is 56.5 Å². The Morgan fingerprint density at radius 3 is 2.50 bits per heavy atom. The summed E-state index contributed by atoms with van der Waals surface area (Å²) in [5, 5.41) is 8.07. The summed E-state index contributed by atoms with van der Waals surface area (Å²) in [6.45, 7) is 2.61. The van der Waals surface area contributed by atoms with Crippen molar-refractivity contribution in [1.82, 2.24) is 24.7 Å². The van der Waals surface area contributed by atoms with Crippen LogP contribution in [-0.4, -0.2) is 24.7 Å². The van der Waals surface area contributed by atoms with Gasteiger partial charge in [-0.1, -0.05) is 6.07 Å². The van der Waals surface area contributed by atoms with Gasteiger partial charge in [0.2, 0.25) is 0 Å². The molecule has 0 spiro atoms. The highest BCUT2D eigenvalue weighted by atomic mass is 19.4. The zero-order valence-corrected chi connectivity index (χ0v) is 14.6. The average Bonchev–Trinajstić information content (AvgIpc) is 3.11. The Balaban J connectivity index is 1.81. The van der Waals surface area contributed by atoms with Crippen molar-refractivity contribution < 1.29 is 17.6 Å². The highest BCUT2D eigenvalue weighted by molar-refractivity contribution is 5.90. The molecule has 28 heavy (non-hydrogen) atoms. The van der Waals surface area contributed by atoms with Crippen molar-refractivity contribution in [2.45, 2.75) is 19.6 Å². The lowest BCUT2D eigenvalue weighted by atomic mass is 10.0. The maximum atomic E-state index is 14.4. The Hall–Kier alpha value is -3.36. The number of pyridine rings is 1. The number of nitrogens with zero attached hydrogens (tertiary/aromatic N) is 5. The van der Waals surface area contributed by atoms with Gasteiger partial charge in [0, 0.05) is 23.9 Å². The molecule has 1 aromatic carbocycles. The molecule has 0 aliphatic heterocycles. The lowest BCUT2D eigenvalue weighted by Crippen LogP contribution is -2.05. The second-order valence-electron chi connectivity index (χ2n) is 6.09. The molecule has 9 heteroatoms. The number of benzene rings is 1. The lowest BCUT2D eigenvalue weighted by molar-refractivity contribution is -0.137. The number of aromatic nitrogens is 5. The van der Waals surface area contributed by atoms with Crippen LogP contribution in [0.2, 0.25) is 0 Å². The monoisotopic (exact) mass is 387 g/mol. The minimum absolute atomic E-state index is 0.0890. The molecule has 5 nitrogen and oxygen atoms in total. The summed E-state index contributed by atoms with van der Waals surface area (Å²) < 4.78 is 54.4. The fourth-order valence-electron chi connectivity index (χ4n) is 2.93. The third-order valence-electron chi connectivity index (χ3n) is 4.39. The molecule has 3 heterocycles. The molecule has 0 radical (unpaired) electrons. The first-order chi connectivity index (χ1) is 13.4. The van der Waals surface area contributed by atoms with Crippen LogP contribution in [0.15, 0.2) is 49.1 Å². The SMILES string of the molecule is CCn1cnc2c(-c3ccc(F)c(-c4ccc(C(F)(F)F)cn4)c3)cnnc21. The van der Waals surface area contributed by atoms with Gasteiger partial charge in [-0.05, 0) is 36.8 Å². The van der Waals surface area contributed by atoms with Crippen LogP contribution in [0, 0.1) is 5.82 Å². The highest BCUT2D eigenvalue weighted by Gasteiger charge is 2.30. The quantitative estimate of drug-likeness (QED) is 0.477. The van der Waals surface area contributed by atoms with Gasteiger partial charge in [0.05, 0.1) is 23.8 Å². The predicted molar refractivity (Wildman–Crippen MR) is 94.6 cm³/mol. The molecule has 0 atom stereocenters. The van der Waals surface area contributed by atoms with E-state index in [-0.39, 0.29) is 11.3 Å². The summed E-state index contributed by atoms with van der Waals surface area (Å²) in [6, 6.07) is 6.35. The van der Waals surface area contributed by atoms with Crippen LogP contribution < -0.4 is 0 Å². The second kappa shape index (κ2) is 6.66. The molecule has 0 aliphatic carbocycles. The van der Waals surface area contributed by atoms with Gasteiger partial charge < -0.3 is 4.57 Å². The largest absolute Gasteiger partial charge is 0.417 e. The van der Waals surface area contributed by atoms with E-state index < -0.39 is 17.6 Å². The molecule has 0 saturated carbocycles. The van der Waals surface area contributed by atoms with Crippen molar-refractivity contribution >= 4 is 11.2 Å². The van der Waals surface area contributed by atoms with E-state index in [0.29, 0.717) is 35.0 Å². The number of imidazole rings is 1. The van der Waals surface area contributed by atoms with Crippen molar-refractivity contribution in [1.29, 1.82) is 0 Å². The molecule has 4 aromatic rings. The van der Waals surface area contributed by atoms with Gasteiger partial charge >= 0.3 is 6.18 Å². The van der Waals surface area contributed by atoms with E-state index in [1.807, 2.05) is 11.5 Å². The summed E-state index contributed by atoms with van der Waals surface area (Å²) >= 11 is 0. The Morgan fingerprint density at radius 1 is 1.00 bits per heavy atom. The number of aryl methyl sites for hydroxylation is 1. The van der Waals surface area contributed by atoms with Crippen LogP contribution in [0.5, 0.6) is 0 Å². The molecular formula is C19H13F4N5. The van der Waals surface area contributed by atoms with Gasteiger partial charge in [0.1, 0.15) is 11.3 Å². The van der Waals surface area contributed by atoms with E-state index in [1.54, 1.807) is 12.4 Å². The first-order valence-corrected chi connectivity index (χ1v) is 8.38. The molecule has 3 aromatic heterocycles. The van der Waals surface area contributed by atoms with Crippen LogP contribution in [0.1, 0.15) is 12.5 Å². The van der Waals surface area contributed by atoms with Gasteiger partial charge in [-0.15, -0.1) is 5.10 Å². The Kier molecular flexibility index (Phi) is 4.29. The third-order valence-corrected chi connectivity index (χ3v) is 4.39. The minimum atomic E-state index is -4.50. The van der Waals surface area contributed by atoms with Crippen molar-refractivity contribution in [3.63, 3.8) is 0 Å². The Morgan fingerprint density at radius 2 is 1.82 bits per heavy atom. The predicted octanol–water partition coefficient (Wildman–Crippen LogP) is 4.73. The zero-order chi connectivity index (χ0) is 19.9. The maximum Gasteiger partial charge on any atom is 0.417 e. The standard InChI is InChI=1S/C19H13F4N5/c1-2-28-10-25-17-14(9-26-27-18(17)28)11-3-5-15(20)13(7-11)16-6-4-12(8-24-16)19(21,22)23/h3-10H,2H2,1H3. The van der Waals surface area contributed by atoms with E-state index in [4.69, 9.17) is 0 Å². The van der Waals surface area contributed by atoms with Gasteiger partial charge in [0.15, 0.2) is 5.65 Å². The van der Waals surface area contributed by atoms with E-state index >= 15 is 0 Å². The zero-order valence-electron chi connectivity index (χ0n) is 14.6. The molecular weight excluding hydrogens is 374 g/mol. The number of fused-ring (bicyclic) bond motifs is 1. The summed E-state index contributed by atoms with van der Waals surface area (Å²) in [5.74, 6) is -0.589. The number of hydrogen-bond acceptors (Lipinski definition) is 4. The molecule has 0 unspecified atom stereocenters. The summed E-state index contributed by atoms with van der Waals surface area (Å²) in [4.78, 5) is 8.14. The van der Waals surface area contributed by atoms with Crippen molar-refractivity contribution in [2.24, 2.45) is 0 Å². The van der Waals surface area contributed by atoms with E-state index in [9.17, 15) is 17.6 Å². The summed E-state index contributed by atoms with van der Waals surface area (Å²) in [5.41, 5.74) is 1.76. The molecule has 0 fully saturated rings. The normalized spacial score (nSPS) is 11.9. The minimum Gasteiger partial charge on any atom is -0.314 e. The van der Waals surface area contributed by atoms with Crippen LogP contribution in [0.25, 0.3) is 33.5 Å². The van der Waals surface area contributed by atoms with Crippen LogP contribution >= 0.6 is 0 Å². The second-order valence-corrected chi connectivity index (χ2v) is 6.09. The van der Waals surface area contributed by atoms with Gasteiger partial charge in [0.25, 0.3) is 0 Å². The van der Waals surface area contributed by atoms with E-state index in [0.717, 1.165) is 12.1 Å². The first kappa shape index (κ1) is 18.0. The molecule has 4 rings (SSSR count). The van der Waals surface area contributed by atoms with Gasteiger partial charge in [-0.25, -0.2) is 9.37 Å². The molecule has 0 amide bonds. The molecule has 0 N–H and O–H groups in total. The highest BCUT2D eigenvalue weighted by Crippen LogP contribution is 2.33. The number of halogens is 4. The maximum absolute atomic E-state index is 14.4. The molecule has 0 bridgehead atoms. The fraction of sp³-hybridized carbons (Fsp3) is 0.158. The number of hydrogen-bond donors (Lipinski definition) is 0. The van der Waals surface area contributed by atoms with Crippen LogP contribution in [0.3, 0.4) is 0 Å². The first-order valence-electron chi connectivity index (χ1n) is 8.38. The molecule has 142 valence electrons. The van der Waals surface area contributed by atoms with Crippen molar-refractivity contribution in [3.8, 4) is 22.4 Å². The Bertz CT molecular complexity index is 1150. The molecule has 0 saturated heterocycles.